The third kappa shape index (κ3) is 3.09. The molecule has 1 atom stereocenters. The topological polar surface area (TPSA) is 91.2 Å². The van der Waals surface area contributed by atoms with E-state index in [1.807, 2.05) is 13.0 Å². The lowest BCUT2D eigenvalue weighted by Crippen LogP contribution is -2.29. The van der Waals surface area contributed by atoms with Crippen LogP contribution in [0.25, 0.3) is 10.9 Å². The average molecular weight is 343 g/mol. The van der Waals surface area contributed by atoms with Crippen LogP contribution in [0.4, 0.5) is 0 Å². The van der Waals surface area contributed by atoms with Crippen LogP contribution in [0.2, 0.25) is 0 Å². The molecule has 122 valence electrons. The van der Waals surface area contributed by atoms with Gasteiger partial charge in [-0.25, -0.2) is 0 Å². The van der Waals surface area contributed by atoms with Gasteiger partial charge in [0.25, 0.3) is 5.56 Å². The quantitative estimate of drug-likeness (QED) is 0.671. The Morgan fingerprint density at radius 2 is 2.00 bits per heavy atom. The van der Waals surface area contributed by atoms with Gasteiger partial charge in [0.05, 0.1) is 5.39 Å². The number of Topliss-reactive ketones (excluding diaryl/α,β-unsaturated/α-hetero) is 1. The third-order valence-electron chi connectivity index (χ3n) is 3.34. The average Bonchev–Trinajstić information content (AvgIpc) is 2.56. The summed E-state index contributed by atoms with van der Waals surface area (Å²) < 4.78 is 18.2. The summed E-state index contributed by atoms with van der Waals surface area (Å²) >= 11 is -2.21. The van der Waals surface area contributed by atoms with Crippen molar-refractivity contribution < 1.29 is 13.2 Å². The Kier molecular flexibility index (Phi) is 4.22. The fourth-order valence-electron chi connectivity index (χ4n) is 2.12. The predicted octanol–water partition coefficient (Wildman–Crippen LogP) is 1.81. The van der Waals surface area contributed by atoms with Crippen molar-refractivity contribution in [2.75, 3.05) is 0 Å². The molecule has 0 bridgehead atoms. The lowest BCUT2D eigenvalue weighted by atomic mass is 10.1. The fourth-order valence-corrected chi connectivity index (χ4v) is 2.79. The number of carbonyl (C=O) groups excluding carboxylic acids is 1. The maximum atomic E-state index is 12.4. The Morgan fingerprint density at radius 1 is 1.21 bits per heavy atom. The Hall–Kier alpha value is -2.87. The van der Waals surface area contributed by atoms with E-state index in [1.165, 1.54) is 19.1 Å². The number of benzene rings is 2. The lowest BCUT2D eigenvalue weighted by Gasteiger charge is -2.07. The van der Waals surface area contributed by atoms with Crippen molar-refractivity contribution in [2.45, 2.75) is 13.8 Å². The molecule has 0 saturated heterocycles. The van der Waals surface area contributed by atoms with Crippen molar-refractivity contribution in [3.8, 4) is 5.75 Å². The number of aromatic nitrogens is 3. The molecule has 1 heterocycles. The summed E-state index contributed by atoms with van der Waals surface area (Å²) in [7, 11) is 0. The number of ketones is 1. The fraction of sp³-hybridized carbons (Fsp3) is 0.125. The van der Waals surface area contributed by atoms with Gasteiger partial charge in [0, 0.05) is 5.56 Å². The number of hydrogen-bond acceptors (Lipinski definition) is 6. The minimum Gasteiger partial charge on any atom is -0.384 e. The van der Waals surface area contributed by atoms with Crippen LogP contribution in [0.3, 0.4) is 0 Å². The molecule has 0 N–H and O–H groups in total. The van der Waals surface area contributed by atoms with Crippen LogP contribution in [-0.2, 0) is 11.3 Å². The Bertz CT molecular complexity index is 1030. The highest BCUT2D eigenvalue weighted by Gasteiger charge is 2.14. The van der Waals surface area contributed by atoms with E-state index in [-0.39, 0.29) is 11.5 Å². The van der Waals surface area contributed by atoms with E-state index in [0.29, 0.717) is 20.6 Å². The molecule has 0 spiro atoms. The monoisotopic (exact) mass is 343 g/mol. The molecular formula is C16H13N3O4S. The Balaban J connectivity index is 1.97. The summed E-state index contributed by atoms with van der Waals surface area (Å²) in [6, 6.07) is 11.3. The van der Waals surface area contributed by atoms with E-state index in [1.54, 1.807) is 24.3 Å². The first-order valence-electron chi connectivity index (χ1n) is 7.03. The molecule has 0 fully saturated rings. The van der Waals surface area contributed by atoms with Crippen LogP contribution in [0.15, 0.2) is 47.3 Å². The molecule has 0 aliphatic rings. The first-order valence-corrected chi connectivity index (χ1v) is 8.07. The van der Waals surface area contributed by atoms with Crippen molar-refractivity contribution in [1.82, 2.24) is 14.4 Å². The molecule has 3 rings (SSSR count). The van der Waals surface area contributed by atoms with Crippen molar-refractivity contribution >= 4 is 28.0 Å². The SMILES string of the molecule is CC(=O)c1cccc(OS(=O)n2nnc3ccc(C)cc3c2=O)c1. The van der Waals surface area contributed by atoms with Gasteiger partial charge in [-0.05, 0) is 43.3 Å². The smallest absolute Gasteiger partial charge is 0.344 e. The highest BCUT2D eigenvalue weighted by atomic mass is 32.2. The zero-order valence-electron chi connectivity index (χ0n) is 12.9. The minimum absolute atomic E-state index is 0.149. The summed E-state index contributed by atoms with van der Waals surface area (Å²) in [4.78, 5) is 23.8. The molecule has 1 aromatic heterocycles. The van der Waals surface area contributed by atoms with Gasteiger partial charge in [-0.1, -0.05) is 27.8 Å². The van der Waals surface area contributed by atoms with Crippen LogP contribution in [-0.4, -0.2) is 24.4 Å². The predicted molar refractivity (Wildman–Crippen MR) is 89.1 cm³/mol. The zero-order valence-corrected chi connectivity index (χ0v) is 13.7. The maximum Gasteiger partial charge on any atom is 0.344 e. The van der Waals surface area contributed by atoms with Crippen LogP contribution in [0, 0.1) is 6.92 Å². The minimum atomic E-state index is -2.21. The van der Waals surface area contributed by atoms with E-state index < -0.39 is 16.8 Å². The maximum absolute atomic E-state index is 12.4. The molecule has 0 saturated carbocycles. The summed E-state index contributed by atoms with van der Waals surface area (Å²) in [6.45, 7) is 3.25. The summed E-state index contributed by atoms with van der Waals surface area (Å²) in [5.41, 5.74) is 1.14. The third-order valence-corrected chi connectivity index (χ3v) is 4.20. The van der Waals surface area contributed by atoms with Gasteiger partial charge in [-0.3, -0.25) is 9.59 Å². The largest absolute Gasteiger partial charge is 0.384 e. The number of rotatable bonds is 4. The Labute approximate surface area is 139 Å². The second-order valence-electron chi connectivity index (χ2n) is 5.17. The van der Waals surface area contributed by atoms with E-state index in [2.05, 4.69) is 10.3 Å². The molecule has 0 aliphatic heterocycles. The number of aryl methyl sites for hydroxylation is 1. The van der Waals surface area contributed by atoms with Gasteiger partial charge in [-0.15, -0.1) is 5.10 Å². The van der Waals surface area contributed by atoms with Crippen molar-refractivity contribution in [3.05, 3.63) is 63.9 Å². The van der Waals surface area contributed by atoms with Gasteiger partial charge in [0.1, 0.15) is 11.3 Å². The second kappa shape index (κ2) is 6.32. The van der Waals surface area contributed by atoms with Crippen LogP contribution < -0.4 is 9.74 Å². The standard InChI is InChI=1S/C16H13N3O4S/c1-10-6-7-15-14(8-10)16(21)19(18-17-15)24(22)23-13-5-3-4-12(9-13)11(2)20/h3-9H,1-2H3. The van der Waals surface area contributed by atoms with Gasteiger partial charge in [0.15, 0.2) is 5.78 Å². The van der Waals surface area contributed by atoms with Gasteiger partial charge >= 0.3 is 11.3 Å². The molecular weight excluding hydrogens is 330 g/mol. The van der Waals surface area contributed by atoms with E-state index in [4.69, 9.17) is 4.18 Å². The van der Waals surface area contributed by atoms with Crippen LogP contribution >= 0.6 is 0 Å². The highest BCUT2D eigenvalue weighted by Crippen LogP contribution is 2.15. The normalized spacial score (nSPS) is 12.1. The zero-order chi connectivity index (χ0) is 17.3. The van der Waals surface area contributed by atoms with Crippen molar-refractivity contribution in [1.29, 1.82) is 0 Å². The van der Waals surface area contributed by atoms with Crippen molar-refractivity contribution in [2.24, 2.45) is 0 Å². The first-order chi connectivity index (χ1) is 11.5. The first kappa shape index (κ1) is 16.0. The number of fused-ring (bicyclic) bond motifs is 1. The number of nitrogens with zero attached hydrogens (tertiary/aromatic N) is 3. The lowest BCUT2D eigenvalue weighted by molar-refractivity contribution is 0.101. The summed E-state index contributed by atoms with van der Waals surface area (Å²) in [5, 5.41) is 7.83. The highest BCUT2D eigenvalue weighted by molar-refractivity contribution is 7.78. The second-order valence-corrected chi connectivity index (χ2v) is 6.12. The van der Waals surface area contributed by atoms with E-state index in [9.17, 15) is 13.8 Å². The molecule has 8 heteroatoms. The number of carbonyl (C=O) groups is 1. The Morgan fingerprint density at radius 3 is 2.75 bits per heavy atom. The van der Waals surface area contributed by atoms with E-state index >= 15 is 0 Å². The molecule has 2 aromatic carbocycles. The molecule has 0 amide bonds. The van der Waals surface area contributed by atoms with Gasteiger partial charge in [-0.2, -0.15) is 4.21 Å². The summed E-state index contributed by atoms with van der Waals surface area (Å²) in [6.07, 6.45) is 0. The number of hydrogen-bond donors (Lipinski definition) is 0. The molecule has 1 unspecified atom stereocenters. The van der Waals surface area contributed by atoms with Crippen LogP contribution in [0.1, 0.15) is 22.8 Å². The van der Waals surface area contributed by atoms with E-state index in [0.717, 1.165) is 5.56 Å². The van der Waals surface area contributed by atoms with Crippen molar-refractivity contribution in [3.63, 3.8) is 0 Å². The molecule has 24 heavy (non-hydrogen) atoms. The molecule has 3 aromatic rings. The molecule has 0 radical (unpaired) electrons. The molecule has 0 aliphatic carbocycles. The van der Waals surface area contributed by atoms with Gasteiger partial charge < -0.3 is 4.18 Å². The van der Waals surface area contributed by atoms with Crippen LogP contribution in [0.5, 0.6) is 5.75 Å². The van der Waals surface area contributed by atoms with Gasteiger partial charge in [0.2, 0.25) is 0 Å². The molecule has 7 nitrogen and oxygen atoms in total. The summed E-state index contributed by atoms with van der Waals surface area (Å²) in [5.74, 6) is 0.0449.